The number of anilines is 1. The van der Waals surface area contributed by atoms with Gasteiger partial charge in [-0.05, 0) is 50.8 Å². The van der Waals surface area contributed by atoms with Gasteiger partial charge in [-0.25, -0.2) is 4.39 Å². The molecule has 2 nitrogen and oxygen atoms in total. The summed E-state index contributed by atoms with van der Waals surface area (Å²) in [5.74, 6) is -0.153. The molecule has 0 radical (unpaired) electrons. The van der Waals surface area contributed by atoms with Gasteiger partial charge in [0.1, 0.15) is 5.82 Å². The van der Waals surface area contributed by atoms with E-state index in [4.69, 9.17) is 4.74 Å². The zero-order chi connectivity index (χ0) is 13.5. The summed E-state index contributed by atoms with van der Waals surface area (Å²) in [6.07, 6.45) is 5.07. The fourth-order valence-electron chi connectivity index (χ4n) is 3.58. The Labute approximate surface area is 114 Å². The molecule has 3 heteroatoms. The van der Waals surface area contributed by atoms with Gasteiger partial charge in [0.05, 0.1) is 11.8 Å². The lowest BCUT2D eigenvalue weighted by molar-refractivity contribution is -0.157. The van der Waals surface area contributed by atoms with Crippen LogP contribution in [0.5, 0.6) is 0 Å². The van der Waals surface area contributed by atoms with Crippen LogP contribution in [0.3, 0.4) is 0 Å². The predicted octanol–water partition coefficient (Wildman–Crippen LogP) is 3.89. The molecule has 0 aliphatic heterocycles. The van der Waals surface area contributed by atoms with Crippen molar-refractivity contribution in [1.29, 1.82) is 0 Å². The van der Waals surface area contributed by atoms with Gasteiger partial charge in [-0.3, -0.25) is 0 Å². The Hall–Kier alpha value is -1.09. The molecule has 0 aromatic heterocycles. The molecule has 0 heterocycles. The van der Waals surface area contributed by atoms with E-state index in [0.717, 1.165) is 18.6 Å². The van der Waals surface area contributed by atoms with E-state index < -0.39 is 0 Å². The summed E-state index contributed by atoms with van der Waals surface area (Å²) in [5.41, 5.74) is 2.00. The molecule has 1 spiro atoms. The van der Waals surface area contributed by atoms with Gasteiger partial charge in [-0.15, -0.1) is 0 Å². The normalized spacial score (nSPS) is 27.7. The van der Waals surface area contributed by atoms with Crippen LogP contribution in [0.25, 0.3) is 0 Å². The van der Waals surface area contributed by atoms with Gasteiger partial charge in [-0.2, -0.15) is 0 Å². The van der Waals surface area contributed by atoms with Crippen molar-refractivity contribution in [1.82, 2.24) is 0 Å². The summed E-state index contributed by atoms with van der Waals surface area (Å²) in [6, 6.07) is 5.62. The fraction of sp³-hybridized carbons (Fsp3) is 0.625. The van der Waals surface area contributed by atoms with Gasteiger partial charge >= 0.3 is 0 Å². The molecule has 1 N–H and O–H groups in total. The van der Waals surface area contributed by atoms with E-state index >= 15 is 0 Å². The van der Waals surface area contributed by atoms with Crippen molar-refractivity contribution in [2.24, 2.45) is 5.41 Å². The molecule has 0 saturated heterocycles. The third kappa shape index (κ3) is 2.04. The molecule has 1 aromatic rings. The van der Waals surface area contributed by atoms with E-state index in [1.165, 1.54) is 19.3 Å². The molecule has 2 aliphatic rings. The number of benzene rings is 1. The van der Waals surface area contributed by atoms with Crippen LogP contribution in [0.1, 0.15) is 38.2 Å². The van der Waals surface area contributed by atoms with Crippen molar-refractivity contribution >= 4 is 5.69 Å². The van der Waals surface area contributed by atoms with Crippen molar-refractivity contribution in [2.75, 3.05) is 11.9 Å². The molecule has 19 heavy (non-hydrogen) atoms. The van der Waals surface area contributed by atoms with E-state index in [9.17, 15) is 4.39 Å². The number of hydrogen-bond acceptors (Lipinski definition) is 2. The van der Waals surface area contributed by atoms with Crippen molar-refractivity contribution in [2.45, 2.75) is 51.7 Å². The molecule has 2 fully saturated rings. The highest BCUT2D eigenvalue weighted by Gasteiger charge is 2.58. The summed E-state index contributed by atoms with van der Waals surface area (Å²) in [7, 11) is 0. The highest BCUT2D eigenvalue weighted by Crippen LogP contribution is 2.58. The Bertz CT molecular complexity index is 470. The lowest BCUT2D eigenvalue weighted by atomic mass is 9.51. The lowest BCUT2D eigenvalue weighted by Gasteiger charge is -2.61. The summed E-state index contributed by atoms with van der Waals surface area (Å²) < 4.78 is 19.6. The lowest BCUT2D eigenvalue weighted by Crippen LogP contribution is -2.64. The number of hydrogen-bond donors (Lipinski definition) is 1. The van der Waals surface area contributed by atoms with E-state index in [1.54, 1.807) is 6.07 Å². The Morgan fingerprint density at radius 1 is 1.42 bits per heavy atom. The molecule has 2 unspecified atom stereocenters. The second kappa shape index (κ2) is 4.78. The summed E-state index contributed by atoms with van der Waals surface area (Å²) in [5, 5.41) is 3.41. The Morgan fingerprint density at radius 3 is 2.84 bits per heavy atom. The molecular weight excluding hydrogens is 241 g/mol. The van der Waals surface area contributed by atoms with Crippen LogP contribution >= 0.6 is 0 Å². The second-order valence-electron chi connectivity index (χ2n) is 5.95. The third-order valence-corrected chi connectivity index (χ3v) is 4.89. The van der Waals surface area contributed by atoms with Crippen molar-refractivity contribution in [3.05, 3.63) is 29.6 Å². The maximum absolute atomic E-state index is 13.8. The molecule has 1 aromatic carbocycles. The van der Waals surface area contributed by atoms with Crippen LogP contribution in [0.4, 0.5) is 10.1 Å². The summed E-state index contributed by atoms with van der Waals surface area (Å²) in [4.78, 5) is 0. The standard InChI is InChI=1S/C16H22FNO/c1-3-19-15-10-14(16(15)7-4-8-16)18-13-9-11(2)5-6-12(13)17/h5-6,9,14-15,18H,3-4,7-8,10H2,1-2H3. The van der Waals surface area contributed by atoms with Crippen molar-refractivity contribution in [3.8, 4) is 0 Å². The molecule has 3 rings (SSSR count). The minimum atomic E-state index is -0.153. The topological polar surface area (TPSA) is 21.3 Å². The average Bonchev–Trinajstić information content (AvgIpc) is 2.30. The van der Waals surface area contributed by atoms with Crippen LogP contribution in [-0.2, 0) is 4.74 Å². The van der Waals surface area contributed by atoms with Gasteiger partial charge in [0.25, 0.3) is 0 Å². The Kier molecular flexibility index (Phi) is 3.25. The number of nitrogens with one attached hydrogen (secondary N) is 1. The summed E-state index contributed by atoms with van der Waals surface area (Å²) in [6.45, 7) is 4.82. The highest BCUT2D eigenvalue weighted by atomic mass is 19.1. The van der Waals surface area contributed by atoms with E-state index in [1.807, 2.05) is 26.0 Å². The molecule has 0 bridgehead atoms. The monoisotopic (exact) mass is 263 g/mol. The van der Waals surface area contributed by atoms with E-state index in [-0.39, 0.29) is 11.2 Å². The first kappa shape index (κ1) is 12.9. The minimum absolute atomic E-state index is 0.153. The van der Waals surface area contributed by atoms with E-state index in [2.05, 4.69) is 5.32 Å². The quantitative estimate of drug-likeness (QED) is 0.889. The van der Waals surface area contributed by atoms with Crippen LogP contribution in [0, 0.1) is 18.2 Å². The first-order chi connectivity index (χ1) is 9.15. The Morgan fingerprint density at radius 2 is 2.21 bits per heavy atom. The first-order valence-electron chi connectivity index (χ1n) is 7.30. The fourth-order valence-corrected chi connectivity index (χ4v) is 3.58. The number of rotatable bonds is 4. The maximum Gasteiger partial charge on any atom is 0.146 e. The summed E-state index contributed by atoms with van der Waals surface area (Å²) >= 11 is 0. The van der Waals surface area contributed by atoms with Crippen LogP contribution in [-0.4, -0.2) is 18.8 Å². The maximum atomic E-state index is 13.8. The molecule has 2 atom stereocenters. The van der Waals surface area contributed by atoms with Crippen LogP contribution in [0.2, 0.25) is 0 Å². The molecular formula is C16H22FNO. The Balaban J connectivity index is 1.72. The molecule has 2 aliphatic carbocycles. The zero-order valence-electron chi connectivity index (χ0n) is 11.7. The smallest absolute Gasteiger partial charge is 0.146 e. The van der Waals surface area contributed by atoms with Gasteiger partial charge in [0, 0.05) is 18.1 Å². The third-order valence-electron chi connectivity index (χ3n) is 4.89. The number of halogens is 1. The largest absolute Gasteiger partial charge is 0.379 e. The highest BCUT2D eigenvalue weighted by molar-refractivity contribution is 5.49. The SMILES string of the molecule is CCOC1CC(Nc2cc(C)ccc2F)C12CCC2. The molecule has 104 valence electrons. The van der Waals surface area contributed by atoms with Gasteiger partial charge in [0.2, 0.25) is 0 Å². The molecule has 2 saturated carbocycles. The number of aryl methyl sites for hydroxylation is 1. The minimum Gasteiger partial charge on any atom is -0.379 e. The number of ether oxygens (including phenoxy) is 1. The van der Waals surface area contributed by atoms with Gasteiger partial charge in [-0.1, -0.05) is 12.5 Å². The zero-order valence-corrected chi connectivity index (χ0v) is 11.7. The van der Waals surface area contributed by atoms with Gasteiger partial charge in [0.15, 0.2) is 0 Å². The predicted molar refractivity (Wildman–Crippen MR) is 74.9 cm³/mol. The van der Waals surface area contributed by atoms with Crippen LogP contribution in [0.15, 0.2) is 18.2 Å². The molecule has 0 amide bonds. The van der Waals surface area contributed by atoms with Crippen LogP contribution < -0.4 is 5.32 Å². The second-order valence-corrected chi connectivity index (χ2v) is 5.95. The van der Waals surface area contributed by atoms with Crippen molar-refractivity contribution in [3.63, 3.8) is 0 Å². The average molecular weight is 263 g/mol. The van der Waals surface area contributed by atoms with E-state index in [0.29, 0.717) is 17.8 Å². The van der Waals surface area contributed by atoms with Gasteiger partial charge < -0.3 is 10.1 Å². The van der Waals surface area contributed by atoms with Crippen molar-refractivity contribution < 1.29 is 9.13 Å². The first-order valence-corrected chi connectivity index (χ1v) is 7.30.